The molecule has 0 amide bonds. The molecule has 0 spiro atoms. The largest absolute Gasteiger partial charge is 0.432 e. The number of carbonyl (C=O) groups is 1. The lowest BCUT2D eigenvalue weighted by molar-refractivity contribution is -0.132. The molecule has 0 atom stereocenters. The number of esters is 1. The van der Waals surface area contributed by atoms with Gasteiger partial charge in [-0.3, -0.25) is 4.79 Å². The van der Waals surface area contributed by atoms with Crippen molar-refractivity contribution in [3.05, 3.63) is 35.7 Å². The Bertz CT molecular complexity index is 685. The van der Waals surface area contributed by atoms with Gasteiger partial charge in [0.1, 0.15) is 12.0 Å². The molecule has 0 unspecified atom stereocenters. The Balaban J connectivity index is 2.66. The molecule has 0 saturated carbocycles. The van der Waals surface area contributed by atoms with Crippen molar-refractivity contribution in [2.75, 3.05) is 5.32 Å². The van der Waals surface area contributed by atoms with Crippen LogP contribution >= 0.6 is 0 Å². The van der Waals surface area contributed by atoms with Crippen LogP contribution < -0.4 is 10.1 Å². The van der Waals surface area contributed by atoms with Gasteiger partial charge in [-0.15, -0.1) is 0 Å². The van der Waals surface area contributed by atoms with E-state index in [0.29, 0.717) is 11.8 Å². The van der Waals surface area contributed by atoms with Crippen LogP contribution in [0.2, 0.25) is 0 Å². The Morgan fingerprint density at radius 1 is 1.08 bits per heavy atom. The molecule has 0 fully saturated rings. The number of benzene rings is 1. The average Bonchev–Trinajstić information content (AvgIpc) is 2.89. The van der Waals surface area contributed by atoms with Gasteiger partial charge < -0.3 is 14.5 Å². The van der Waals surface area contributed by atoms with Crippen LogP contribution in [0.1, 0.15) is 59.6 Å². The highest BCUT2D eigenvalue weighted by molar-refractivity contribution is 5.73. The molecule has 2 aromatic rings. The molecule has 130 valence electrons. The topological polar surface area (TPSA) is 64.4 Å². The monoisotopic (exact) mass is 330 g/mol. The summed E-state index contributed by atoms with van der Waals surface area (Å²) < 4.78 is 10.9. The molecule has 1 N–H and O–H groups in total. The minimum absolute atomic E-state index is 0.195. The molecule has 0 saturated heterocycles. The van der Waals surface area contributed by atoms with Gasteiger partial charge in [0, 0.05) is 23.7 Å². The number of carbonyl (C=O) groups excluding carboxylic acids is 1. The van der Waals surface area contributed by atoms with Gasteiger partial charge in [-0.2, -0.15) is 0 Å². The van der Waals surface area contributed by atoms with Crippen molar-refractivity contribution in [1.82, 2.24) is 4.98 Å². The summed E-state index contributed by atoms with van der Waals surface area (Å²) in [4.78, 5) is 15.8. The number of hydrogen-bond donors (Lipinski definition) is 1. The van der Waals surface area contributed by atoms with Crippen LogP contribution in [0.15, 0.2) is 29.0 Å². The summed E-state index contributed by atoms with van der Waals surface area (Å²) >= 11 is 0. The average molecular weight is 330 g/mol. The minimum atomic E-state index is -0.320. The van der Waals surface area contributed by atoms with Gasteiger partial charge in [0.25, 0.3) is 6.01 Å². The normalized spacial score (nSPS) is 12.1. The third-order valence-corrected chi connectivity index (χ3v) is 3.63. The second-order valence-corrected chi connectivity index (χ2v) is 7.96. The van der Waals surface area contributed by atoms with Crippen LogP contribution in [-0.2, 0) is 15.6 Å². The van der Waals surface area contributed by atoms with E-state index in [4.69, 9.17) is 9.15 Å². The molecular weight excluding hydrogens is 304 g/mol. The first-order valence-corrected chi connectivity index (χ1v) is 8.02. The van der Waals surface area contributed by atoms with E-state index < -0.39 is 0 Å². The summed E-state index contributed by atoms with van der Waals surface area (Å²) in [5.41, 5.74) is 2.37. The van der Waals surface area contributed by atoms with E-state index in [0.717, 1.165) is 16.8 Å². The van der Waals surface area contributed by atoms with E-state index in [1.165, 1.54) is 13.2 Å². The van der Waals surface area contributed by atoms with Gasteiger partial charge in [-0.25, -0.2) is 4.98 Å². The number of hydrogen-bond acceptors (Lipinski definition) is 5. The highest BCUT2D eigenvalue weighted by atomic mass is 16.5. The van der Waals surface area contributed by atoms with Crippen molar-refractivity contribution in [3.63, 3.8) is 0 Å². The fourth-order valence-corrected chi connectivity index (χ4v) is 2.48. The number of nitrogens with zero attached hydrogens (tertiary/aromatic N) is 1. The van der Waals surface area contributed by atoms with Crippen molar-refractivity contribution in [2.24, 2.45) is 0 Å². The smallest absolute Gasteiger partial charge is 0.308 e. The summed E-state index contributed by atoms with van der Waals surface area (Å²) in [6.07, 6.45) is 3.11. The molecule has 0 aliphatic carbocycles. The Kier molecular flexibility index (Phi) is 4.74. The maximum atomic E-state index is 11.6. The Morgan fingerprint density at radius 2 is 1.62 bits per heavy atom. The molecule has 1 aromatic carbocycles. The number of aromatic nitrogens is 1. The molecule has 24 heavy (non-hydrogen) atoms. The summed E-state index contributed by atoms with van der Waals surface area (Å²) in [5.74, 6) is 0.319. The van der Waals surface area contributed by atoms with Crippen LogP contribution in [0.25, 0.3) is 0 Å². The number of anilines is 2. The predicted molar refractivity (Wildman–Crippen MR) is 94.9 cm³/mol. The van der Waals surface area contributed by atoms with Gasteiger partial charge in [-0.05, 0) is 23.0 Å². The van der Waals surface area contributed by atoms with Gasteiger partial charge in [-0.1, -0.05) is 41.5 Å². The summed E-state index contributed by atoms with van der Waals surface area (Å²) in [5, 5.41) is 3.17. The second-order valence-electron chi connectivity index (χ2n) is 7.96. The van der Waals surface area contributed by atoms with Gasteiger partial charge in [0.05, 0.1) is 6.20 Å². The molecule has 0 aliphatic heterocycles. The summed E-state index contributed by atoms with van der Waals surface area (Å²) in [7, 11) is 0. The quantitative estimate of drug-likeness (QED) is 0.638. The molecule has 0 aliphatic rings. The molecule has 0 radical (unpaired) electrons. The van der Waals surface area contributed by atoms with Crippen LogP contribution in [0, 0.1) is 0 Å². The third-order valence-electron chi connectivity index (χ3n) is 3.63. The van der Waals surface area contributed by atoms with E-state index in [-0.39, 0.29) is 16.8 Å². The van der Waals surface area contributed by atoms with Crippen LogP contribution in [-0.4, -0.2) is 11.0 Å². The summed E-state index contributed by atoms with van der Waals surface area (Å²) in [6.45, 7) is 14.0. The van der Waals surface area contributed by atoms with Crippen molar-refractivity contribution >= 4 is 17.7 Å². The van der Waals surface area contributed by atoms with Gasteiger partial charge in [0.15, 0.2) is 0 Å². The van der Waals surface area contributed by atoms with E-state index in [1.54, 1.807) is 6.20 Å². The zero-order valence-electron chi connectivity index (χ0n) is 15.5. The van der Waals surface area contributed by atoms with Gasteiger partial charge in [0.2, 0.25) is 0 Å². The van der Waals surface area contributed by atoms with E-state index >= 15 is 0 Å². The Morgan fingerprint density at radius 3 is 2.00 bits per heavy atom. The first-order valence-electron chi connectivity index (χ1n) is 8.02. The van der Waals surface area contributed by atoms with Crippen LogP contribution in [0.5, 0.6) is 5.75 Å². The lowest BCUT2D eigenvalue weighted by Crippen LogP contribution is -2.21. The molecule has 0 bridgehead atoms. The third kappa shape index (κ3) is 4.16. The number of nitrogens with one attached hydrogen (secondary N) is 1. The minimum Gasteiger partial charge on any atom is -0.432 e. The predicted octanol–water partition coefficient (Wildman–Crippen LogP) is 4.94. The molecule has 5 heteroatoms. The van der Waals surface area contributed by atoms with E-state index in [9.17, 15) is 4.79 Å². The number of ether oxygens (including phenoxy) is 1. The maximum Gasteiger partial charge on any atom is 0.308 e. The molecule has 5 nitrogen and oxygen atoms in total. The maximum absolute atomic E-state index is 11.6. The van der Waals surface area contributed by atoms with Crippen LogP contribution in [0.3, 0.4) is 0 Å². The van der Waals surface area contributed by atoms with E-state index in [2.05, 4.69) is 51.8 Å². The van der Waals surface area contributed by atoms with Gasteiger partial charge >= 0.3 is 5.97 Å². The second kappa shape index (κ2) is 6.30. The van der Waals surface area contributed by atoms with Crippen molar-refractivity contribution in [2.45, 2.75) is 59.3 Å². The summed E-state index contributed by atoms with van der Waals surface area (Å²) in [6, 6.07) is 4.39. The van der Waals surface area contributed by atoms with E-state index in [1.807, 2.05) is 12.1 Å². The zero-order valence-corrected chi connectivity index (χ0v) is 15.5. The molecule has 1 aromatic heterocycles. The van der Waals surface area contributed by atoms with Crippen molar-refractivity contribution < 1.29 is 13.9 Å². The fourth-order valence-electron chi connectivity index (χ4n) is 2.48. The van der Waals surface area contributed by atoms with Crippen molar-refractivity contribution in [1.29, 1.82) is 0 Å². The number of rotatable bonds is 3. The first-order chi connectivity index (χ1) is 11.0. The Hall–Kier alpha value is -2.30. The standard InChI is InChI=1S/C19H26N2O3/c1-12(22)24-16-14(18(2,3)4)10-13(11-15(16)19(5,6)7)21-17-20-8-9-23-17/h8-11H,1-7H3,(H,20,21). The molecular formula is C19H26N2O3. The first kappa shape index (κ1) is 18.0. The lowest BCUT2D eigenvalue weighted by Gasteiger charge is -2.29. The molecule has 1 heterocycles. The Labute approximate surface area is 143 Å². The SMILES string of the molecule is CC(=O)Oc1c(C(C)(C)C)cc(Nc2ncco2)cc1C(C)(C)C. The highest BCUT2D eigenvalue weighted by Gasteiger charge is 2.29. The highest BCUT2D eigenvalue weighted by Crippen LogP contribution is 2.42. The van der Waals surface area contributed by atoms with Crippen LogP contribution in [0.4, 0.5) is 11.7 Å². The molecule has 2 rings (SSSR count). The lowest BCUT2D eigenvalue weighted by atomic mass is 9.79. The van der Waals surface area contributed by atoms with Crippen molar-refractivity contribution in [3.8, 4) is 5.75 Å². The zero-order chi connectivity index (χ0) is 18.1. The number of oxazole rings is 1. The fraction of sp³-hybridized carbons (Fsp3) is 0.474.